The van der Waals surface area contributed by atoms with Gasteiger partial charge in [0.1, 0.15) is 12.3 Å². The first-order valence-electron chi connectivity index (χ1n) is 11.4. The lowest BCUT2D eigenvalue weighted by molar-refractivity contribution is -0.115. The second-order valence-electron chi connectivity index (χ2n) is 8.16. The highest BCUT2D eigenvalue weighted by Gasteiger charge is 2.32. The highest BCUT2D eigenvalue weighted by Crippen LogP contribution is 2.28. The van der Waals surface area contributed by atoms with Crippen LogP contribution in [0.15, 0.2) is 64.8 Å². The number of benzene rings is 2. The summed E-state index contributed by atoms with van der Waals surface area (Å²) in [6.07, 6.45) is 2.27. The summed E-state index contributed by atoms with van der Waals surface area (Å²) in [5.41, 5.74) is 3.90. The number of sulfonamides is 1. The first-order chi connectivity index (χ1) is 17.2. The standard InChI is InChI=1S/C24H30N6O5S/c1-4-30(5-2,17-36(32,33)26-3)21-10-8-20(9-11-21)28-29-24(15-34-16-25)35-14-18-6-7-19-13-23(31)27-22(19)12-18/h6-12,15-16,25-26H,4-5,13-14,17H2,1-3H3/p+1/b24-15-,25-16?,29-28?. The smallest absolute Gasteiger partial charge is 0.269 e. The van der Waals surface area contributed by atoms with Crippen LogP contribution in [-0.2, 0) is 37.3 Å². The van der Waals surface area contributed by atoms with Crippen LogP contribution in [-0.4, -0.2) is 46.7 Å². The molecule has 192 valence electrons. The molecule has 1 aliphatic rings. The number of hydrogen-bond donors (Lipinski definition) is 3. The van der Waals surface area contributed by atoms with E-state index < -0.39 is 10.0 Å². The molecule has 0 bridgehead atoms. The largest absolute Gasteiger partial charge is 0.470 e. The molecule has 1 amide bonds. The number of rotatable bonds is 13. The quantitative estimate of drug-likeness (QED) is 0.122. The van der Waals surface area contributed by atoms with Gasteiger partial charge >= 0.3 is 0 Å². The van der Waals surface area contributed by atoms with E-state index >= 15 is 0 Å². The minimum absolute atomic E-state index is 0.0413. The number of carbonyl (C=O) groups excluding carboxylic acids is 1. The van der Waals surface area contributed by atoms with Crippen molar-refractivity contribution in [3.8, 4) is 0 Å². The number of anilines is 1. The second-order valence-corrected chi connectivity index (χ2v) is 10.1. The van der Waals surface area contributed by atoms with Gasteiger partial charge in [0.05, 0.1) is 25.2 Å². The highest BCUT2D eigenvalue weighted by atomic mass is 32.2. The van der Waals surface area contributed by atoms with Crippen LogP contribution in [0, 0.1) is 5.41 Å². The molecule has 0 spiro atoms. The van der Waals surface area contributed by atoms with Crippen LogP contribution >= 0.6 is 0 Å². The summed E-state index contributed by atoms with van der Waals surface area (Å²) in [4.78, 5) is 11.6. The van der Waals surface area contributed by atoms with E-state index in [1.807, 2.05) is 44.2 Å². The molecule has 1 aliphatic heterocycles. The van der Waals surface area contributed by atoms with Crippen molar-refractivity contribution < 1.29 is 22.7 Å². The molecule has 0 aromatic heterocycles. The monoisotopic (exact) mass is 515 g/mol. The average Bonchev–Trinajstić information content (AvgIpc) is 3.26. The Labute approximate surface area is 211 Å². The fourth-order valence-corrected chi connectivity index (χ4v) is 5.16. The van der Waals surface area contributed by atoms with Crippen molar-refractivity contribution in [3.63, 3.8) is 0 Å². The molecule has 3 N–H and O–H groups in total. The molecule has 0 saturated carbocycles. The summed E-state index contributed by atoms with van der Waals surface area (Å²) in [6.45, 7) is 5.27. The maximum absolute atomic E-state index is 12.2. The van der Waals surface area contributed by atoms with Gasteiger partial charge in [-0.1, -0.05) is 12.1 Å². The SMILES string of the molecule is CC[N+](CC)(CS(=O)(=O)NC)c1ccc(N=N/C(=C/OC=N)OCc2ccc3c(c2)NC(=O)C3)cc1. The van der Waals surface area contributed by atoms with E-state index in [1.54, 1.807) is 12.1 Å². The number of nitrogens with zero attached hydrogens (tertiary/aromatic N) is 3. The van der Waals surface area contributed by atoms with E-state index in [-0.39, 0.29) is 28.8 Å². The molecule has 12 heteroatoms. The summed E-state index contributed by atoms with van der Waals surface area (Å²) in [5.74, 6) is -0.0503. The molecule has 0 unspecified atom stereocenters. The summed E-state index contributed by atoms with van der Waals surface area (Å²) in [6, 6.07) is 12.8. The minimum Gasteiger partial charge on any atom is -0.470 e. The molecule has 11 nitrogen and oxygen atoms in total. The zero-order chi connectivity index (χ0) is 26.2. The highest BCUT2D eigenvalue weighted by molar-refractivity contribution is 7.89. The van der Waals surface area contributed by atoms with Gasteiger partial charge in [-0.15, -0.1) is 10.2 Å². The van der Waals surface area contributed by atoms with Crippen LogP contribution in [0.2, 0.25) is 0 Å². The van der Waals surface area contributed by atoms with Crippen LogP contribution in [0.3, 0.4) is 0 Å². The summed E-state index contributed by atoms with van der Waals surface area (Å²) < 4.78 is 37.7. The predicted octanol–water partition coefficient (Wildman–Crippen LogP) is 3.76. The van der Waals surface area contributed by atoms with Crippen molar-refractivity contribution in [1.29, 1.82) is 5.41 Å². The maximum Gasteiger partial charge on any atom is 0.269 e. The normalized spacial score (nSPS) is 14.0. The maximum atomic E-state index is 12.2. The molecule has 0 aliphatic carbocycles. The first-order valence-corrected chi connectivity index (χ1v) is 13.1. The van der Waals surface area contributed by atoms with Crippen molar-refractivity contribution in [2.45, 2.75) is 26.9 Å². The van der Waals surface area contributed by atoms with Gasteiger partial charge in [-0.05, 0) is 50.2 Å². The van der Waals surface area contributed by atoms with Crippen molar-refractivity contribution in [3.05, 3.63) is 65.7 Å². The Morgan fingerprint density at radius 2 is 1.92 bits per heavy atom. The van der Waals surface area contributed by atoms with Gasteiger partial charge < -0.3 is 14.8 Å². The molecule has 3 rings (SSSR count). The van der Waals surface area contributed by atoms with E-state index in [1.165, 1.54) is 13.3 Å². The molecule has 0 radical (unpaired) electrons. The average molecular weight is 516 g/mol. The number of carbonyl (C=O) groups is 1. The first kappa shape index (κ1) is 27.0. The number of azo groups is 1. The van der Waals surface area contributed by atoms with Gasteiger partial charge in [-0.2, -0.15) is 0 Å². The lowest BCUT2D eigenvalue weighted by atomic mass is 10.1. The van der Waals surface area contributed by atoms with Crippen LogP contribution in [0.1, 0.15) is 25.0 Å². The van der Waals surface area contributed by atoms with Crippen molar-refractivity contribution >= 4 is 39.4 Å². The third-order valence-electron chi connectivity index (χ3n) is 6.02. The van der Waals surface area contributed by atoms with Crippen molar-refractivity contribution in [2.24, 2.45) is 10.2 Å². The van der Waals surface area contributed by atoms with E-state index in [0.29, 0.717) is 25.2 Å². The number of nitrogens with one attached hydrogen (secondary N) is 3. The Hall–Kier alpha value is -3.61. The molecular weight excluding hydrogens is 484 g/mol. The Morgan fingerprint density at radius 1 is 1.19 bits per heavy atom. The lowest BCUT2D eigenvalue weighted by Crippen LogP contribution is -2.53. The molecule has 2 aromatic rings. The second kappa shape index (κ2) is 11.9. The number of quaternary nitrogens is 1. The van der Waals surface area contributed by atoms with Gasteiger partial charge in [0.15, 0.2) is 18.5 Å². The third kappa shape index (κ3) is 6.74. The van der Waals surface area contributed by atoms with Gasteiger partial charge in [0.2, 0.25) is 5.91 Å². The molecule has 2 aromatic carbocycles. The van der Waals surface area contributed by atoms with E-state index in [4.69, 9.17) is 14.9 Å². The lowest BCUT2D eigenvalue weighted by Gasteiger charge is -2.35. The summed E-state index contributed by atoms with van der Waals surface area (Å²) in [5, 5.41) is 18.2. The molecular formula is C24H31N6O5S+. The fraction of sp³-hybridized carbons (Fsp3) is 0.333. The van der Waals surface area contributed by atoms with Crippen LogP contribution in [0.5, 0.6) is 0 Å². The molecule has 0 atom stereocenters. The van der Waals surface area contributed by atoms with Crippen molar-refractivity contribution in [1.82, 2.24) is 9.21 Å². The minimum atomic E-state index is -3.42. The fourth-order valence-electron chi connectivity index (χ4n) is 3.87. The van der Waals surface area contributed by atoms with Gasteiger partial charge in [0.25, 0.3) is 15.9 Å². The zero-order valence-electron chi connectivity index (χ0n) is 20.5. The summed E-state index contributed by atoms with van der Waals surface area (Å²) in [7, 11) is -2.01. The van der Waals surface area contributed by atoms with E-state index in [2.05, 4.69) is 20.3 Å². The van der Waals surface area contributed by atoms with Crippen LogP contribution in [0.25, 0.3) is 0 Å². The molecule has 0 saturated heterocycles. The zero-order valence-corrected chi connectivity index (χ0v) is 21.3. The van der Waals surface area contributed by atoms with E-state index in [9.17, 15) is 13.2 Å². The third-order valence-corrected chi connectivity index (χ3v) is 7.48. The summed E-state index contributed by atoms with van der Waals surface area (Å²) >= 11 is 0. The van der Waals surface area contributed by atoms with Gasteiger partial charge in [-0.25, -0.2) is 13.1 Å². The number of ether oxygens (including phenoxy) is 2. The Morgan fingerprint density at radius 3 is 2.56 bits per heavy atom. The van der Waals surface area contributed by atoms with Crippen LogP contribution < -0.4 is 14.5 Å². The molecule has 0 fully saturated rings. The predicted molar refractivity (Wildman–Crippen MR) is 138 cm³/mol. The van der Waals surface area contributed by atoms with Gasteiger partial charge in [0, 0.05) is 17.8 Å². The molecule has 36 heavy (non-hydrogen) atoms. The Kier molecular flexibility index (Phi) is 8.91. The number of hydrogen-bond acceptors (Lipinski definition) is 8. The number of amides is 1. The Balaban J connectivity index is 1.72. The molecule has 1 heterocycles. The topological polar surface area (TPSA) is 142 Å². The van der Waals surface area contributed by atoms with Crippen molar-refractivity contribution in [2.75, 3.05) is 31.3 Å². The Bertz CT molecular complexity index is 1250. The van der Waals surface area contributed by atoms with Gasteiger partial charge in [-0.3, -0.25) is 14.7 Å². The van der Waals surface area contributed by atoms with E-state index in [0.717, 1.165) is 28.9 Å². The number of fused-ring (bicyclic) bond motifs is 1. The van der Waals surface area contributed by atoms with Crippen LogP contribution in [0.4, 0.5) is 17.1 Å².